The number of esters is 1. The molecule has 5 atom stereocenters. The first-order valence-corrected chi connectivity index (χ1v) is 23.7. The van der Waals surface area contributed by atoms with Crippen LogP contribution in [0.2, 0.25) is 0 Å². The zero-order valence-corrected chi connectivity index (χ0v) is 40.0. The summed E-state index contributed by atoms with van der Waals surface area (Å²) in [6, 6.07) is 6.65. The second-order valence-corrected chi connectivity index (χ2v) is 19.8. The van der Waals surface area contributed by atoms with Crippen molar-refractivity contribution in [2.24, 2.45) is 5.41 Å². The number of ether oxygens (including phenoxy) is 2. The predicted octanol–water partition coefficient (Wildman–Crippen LogP) is 4.31. The summed E-state index contributed by atoms with van der Waals surface area (Å²) in [6.07, 6.45) is 3.13. The Morgan fingerprint density at radius 3 is 2.62 bits per heavy atom. The molecule has 3 saturated heterocycles. The molecule has 3 fully saturated rings. The number of pyridine rings is 1. The molecule has 352 valence electrons. The van der Waals surface area contributed by atoms with Crippen LogP contribution in [0.5, 0.6) is 0 Å². The number of hydrogen-bond donors (Lipinski definition) is 3. The zero-order chi connectivity index (χ0) is 47.2. The summed E-state index contributed by atoms with van der Waals surface area (Å²) in [5.41, 5.74) is 9.59. The molecule has 8 rings (SSSR count). The van der Waals surface area contributed by atoms with Crippen molar-refractivity contribution in [3.05, 3.63) is 70.3 Å². The van der Waals surface area contributed by atoms with Gasteiger partial charge in [0.1, 0.15) is 18.1 Å². The number of carbonyl (C=O) groups excluding carboxylic acids is 5. The summed E-state index contributed by atoms with van der Waals surface area (Å²) in [7, 11) is 4.96. The number of fused-ring (bicyclic) bond motifs is 6. The highest BCUT2D eigenvalue weighted by Gasteiger charge is 2.43. The Labute approximate surface area is 389 Å². The average molecular weight is 923 g/mol. The van der Waals surface area contributed by atoms with E-state index in [9.17, 15) is 24.0 Å². The predicted molar refractivity (Wildman–Crippen MR) is 251 cm³/mol. The normalized spacial score (nSPS) is 21.8. The molecule has 4 aliphatic heterocycles. The Hall–Kier alpha value is -5.69. The lowest BCUT2D eigenvalue weighted by Gasteiger charge is -2.46. The third-order valence-electron chi connectivity index (χ3n) is 13.3. The SMILES string of the molecule is C=C(C)[C@@H](C(=O)N[C@H]1Cc2nc(cs2)-c2ccc3c(c2)c(c(-c2cccnc2[C@H](C)OC)n3CC)CC(C)(C)COC(=O)[C@@H]2CCCN(N2)C1=O)N(C)C(=O)N1CC(N(C)C(=O)[C@@H]2CN2)C1. The van der Waals surface area contributed by atoms with Gasteiger partial charge in [0.25, 0.3) is 5.91 Å². The molecule has 4 aromatic rings. The maximum atomic E-state index is 14.6. The highest BCUT2D eigenvalue weighted by Crippen LogP contribution is 2.42. The van der Waals surface area contributed by atoms with Crippen LogP contribution in [-0.4, -0.2) is 148 Å². The molecule has 7 heterocycles. The molecule has 1 aromatic carbocycles. The Bertz CT molecular complexity index is 2540. The lowest BCUT2D eigenvalue weighted by molar-refractivity contribution is -0.155. The van der Waals surface area contributed by atoms with Crippen LogP contribution in [0.1, 0.15) is 69.8 Å². The van der Waals surface area contributed by atoms with Gasteiger partial charge in [-0.05, 0) is 75.4 Å². The van der Waals surface area contributed by atoms with Crippen LogP contribution < -0.4 is 16.1 Å². The van der Waals surface area contributed by atoms with E-state index in [1.165, 1.54) is 28.3 Å². The molecule has 18 heteroatoms. The zero-order valence-electron chi connectivity index (χ0n) is 39.2. The van der Waals surface area contributed by atoms with E-state index in [-0.39, 0.29) is 37.1 Å². The number of aryl methyl sites for hydroxylation is 1. The van der Waals surface area contributed by atoms with E-state index < -0.39 is 47.4 Å². The number of hydrogen-bond acceptors (Lipinski definition) is 12. The van der Waals surface area contributed by atoms with Crippen LogP contribution in [0, 0.1) is 5.41 Å². The Morgan fingerprint density at radius 2 is 1.92 bits per heavy atom. The molecular formula is C48H62N10O7S. The maximum absolute atomic E-state index is 14.6. The van der Waals surface area contributed by atoms with E-state index in [0.29, 0.717) is 62.6 Å². The van der Waals surface area contributed by atoms with Crippen molar-refractivity contribution in [2.45, 2.75) is 103 Å². The summed E-state index contributed by atoms with van der Waals surface area (Å²) in [6.45, 7) is 16.4. The smallest absolute Gasteiger partial charge is 0.324 e. The van der Waals surface area contributed by atoms with Crippen LogP contribution in [-0.2, 0) is 48.0 Å². The van der Waals surface area contributed by atoms with Crippen molar-refractivity contribution >= 4 is 52.0 Å². The highest BCUT2D eigenvalue weighted by molar-refractivity contribution is 7.10. The number of nitrogens with one attached hydrogen (secondary N) is 3. The molecule has 3 N–H and O–H groups in total. The van der Waals surface area contributed by atoms with Gasteiger partial charge in [-0.1, -0.05) is 26.5 Å². The minimum Gasteiger partial charge on any atom is -0.464 e. The second kappa shape index (κ2) is 18.9. The second-order valence-electron chi connectivity index (χ2n) is 18.9. The number of cyclic esters (lactones) is 1. The minimum atomic E-state index is -1.12. The lowest BCUT2D eigenvalue weighted by Crippen LogP contribution is -2.66. The van der Waals surface area contributed by atoms with Crippen LogP contribution >= 0.6 is 11.3 Å². The topological polar surface area (TPSA) is 193 Å². The fourth-order valence-corrected chi connectivity index (χ4v) is 10.2. The van der Waals surface area contributed by atoms with Crippen LogP contribution in [0.4, 0.5) is 4.79 Å². The Kier molecular flexibility index (Phi) is 13.4. The number of rotatable bonds is 10. The number of methoxy groups -OCH3 is 1. The van der Waals surface area contributed by atoms with Gasteiger partial charge in [0.2, 0.25) is 11.8 Å². The van der Waals surface area contributed by atoms with Gasteiger partial charge in [-0.15, -0.1) is 11.3 Å². The van der Waals surface area contributed by atoms with Gasteiger partial charge in [0.05, 0.1) is 46.9 Å². The largest absolute Gasteiger partial charge is 0.464 e. The van der Waals surface area contributed by atoms with Crippen molar-refractivity contribution in [3.63, 3.8) is 0 Å². The molecule has 0 spiro atoms. The molecular weight excluding hydrogens is 861 g/mol. The van der Waals surface area contributed by atoms with Crippen molar-refractivity contribution < 1.29 is 33.4 Å². The first kappa shape index (κ1) is 46.8. The summed E-state index contributed by atoms with van der Waals surface area (Å²) >= 11 is 1.39. The van der Waals surface area contributed by atoms with E-state index in [1.54, 1.807) is 37.1 Å². The molecule has 0 radical (unpaired) electrons. The summed E-state index contributed by atoms with van der Waals surface area (Å²) < 4.78 is 14.2. The van der Waals surface area contributed by atoms with Gasteiger partial charge in [0.15, 0.2) is 0 Å². The number of likely N-dealkylation sites (tertiary alicyclic amines) is 1. The van der Waals surface area contributed by atoms with Gasteiger partial charge < -0.3 is 39.4 Å². The monoisotopic (exact) mass is 922 g/mol. The van der Waals surface area contributed by atoms with Gasteiger partial charge in [-0.3, -0.25) is 29.2 Å². The van der Waals surface area contributed by atoms with Crippen molar-refractivity contribution in [3.8, 4) is 22.5 Å². The molecule has 0 saturated carbocycles. The number of carbonyl (C=O) groups is 5. The van der Waals surface area contributed by atoms with Gasteiger partial charge in [-0.25, -0.2) is 15.2 Å². The number of benzene rings is 1. The van der Waals surface area contributed by atoms with Crippen LogP contribution in [0.3, 0.4) is 0 Å². The molecule has 0 unspecified atom stereocenters. The standard InChI is InChI=1S/C48H62N10O7S/c1-10-57-38-16-15-29-19-32(38)33(42(57)31-13-11-17-49-40(31)28(4)64-9)21-48(5,6)26-65-46(62)34-14-12-18-58(53-34)45(61)35(20-39-51-37(29)25-66-39)52-43(59)41(27(2)3)55(8)47(63)56-23-30(24-56)54(7)44(60)36-22-50-36/h11,13,15-17,19,25,28,30,34-36,41,50,53H,2,10,12,14,18,20-24,26H2,1,3-9H3,(H,52,59)/t28-,34-,35-,36-,41-/m0/s1. The number of thiazole rings is 1. The molecule has 6 bridgehead atoms. The molecule has 3 aromatic heterocycles. The summed E-state index contributed by atoms with van der Waals surface area (Å²) in [4.78, 5) is 83.7. The van der Waals surface area contributed by atoms with Crippen molar-refractivity contribution in [2.75, 3.05) is 54.0 Å². The van der Waals surface area contributed by atoms with Crippen molar-refractivity contribution in [1.29, 1.82) is 0 Å². The average Bonchev–Trinajstić information content (AvgIpc) is 3.96. The minimum absolute atomic E-state index is 0.00344. The molecule has 17 nitrogen and oxygen atoms in total. The first-order chi connectivity index (χ1) is 31.5. The molecule has 66 heavy (non-hydrogen) atoms. The molecule has 5 amide bonds. The van der Waals surface area contributed by atoms with E-state index in [1.807, 2.05) is 18.4 Å². The van der Waals surface area contributed by atoms with Gasteiger partial charge in [-0.2, -0.15) is 0 Å². The highest BCUT2D eigenvalue weighted by atomic mass is 32.1. The lowest BCUT2D eigenvalue weighted by atomic mass is 9.84. The van der Waals surface area contributed by atoms with E-state index in [0.717, 1.165) is 44.7 Å². The number of amides is 5. The summed E-state index contributed by atoms with van der Waals surface area (Å²) in [5, 5.41) is 11.0. The number of urea groups is 1. The van der Waals surface area contributed by atoms with Crippen LogP contribution in [0.25, 0.3) is 33.4 Å². The van der Waals surface area contributed by atoms with Gasteiger partial charge >= 0.3 is 12.0 Å². The molecule has 4 aliphatic rings. The number of nitrogens with zero attached hydrogens (tertiary/aromatic N) is 7. The number of aromatic nitrogens is 3. The van der Waals surface area contributed by atoms with Gasteiger partial charge in [0, 0.05) is 99.4 Å². The molecule has 0 aliphatic carbocycles. The van der Waals surface area contributed by atoms with E-state index in [4.69, 9.17) is 19.4 Å². The fraction of sp³-hybridized carbons (Fsp3) is 0.521. The number of hydrazine groups is 1. The van der Waals surface area contributed by atoms with Crippen molar-refractivity contribution in [1.82, 2.24) is 50.3 Å². The van der Waals surface area contributed by atoms with Crippen LogP contribution in [0.15, 0.2) is 54.1 Å². The van der Waals surface area contributed by atoms with E-state index in [2.05, 4.69) is 72.2 Å². The third-order valence-corrected chi connectivity index (χ3v) is 14.2. The Morgan fingerprint density at radius 1 is 1.17 bits per heavy atom. The number of likely N-dealkylation sites (N-methyl/N-ethyl adjacent to an activating group) is 2. The quantitative estimate of drug-likeness (QED) is 0.117. The summed E-state index contributed by atoms with van der Waals surface area (Å²) in [5.74, 6) is -1.50. The first-order valence-electron chi connectivity index (χ1n) is 22.8. The maximum Gasteiger partial charge on any atom is 0.324 e. The fourth-order valence-electron chi connectivity index (χ4n) is 9.39. The third kappa shape index (κ3) is 9.33. The Balaban J connectivity index is 1.12. The van der Waals surface area contributed by atoms with E-state index >= 15 is 0 Å².